The summed E-state index contributed by atoms with van der Waals surface area (Å²) in [5, 5.41) is 2.75. The summed E-state index contributed by atoms with van der Waals surface area (Å²) in [4.78, 5) is 12.4. The van der Waals surface area contributed by atoms with Gasteiger partial charge in [0, 0.05) is 11.3 Å². The molecule has 0 aliphatic heterocycles. The van der Waals surface area contributed by atoms with Crippen molar-refractivity contribution in [2.75, 3.05) is 12.4 Å². The number of hydrogen-bond acceptors (Lipinski definition) is 4. The van der Waals surface area contributed by atoms with Gasteiger partial charge in [0.25, 0.3) is 5.91 Å². The van der Waals surface area contributed by atoms with Gasteiger partial charge in [-0.2, -0.15) is 8.78 Å². The van der Waals surface area contributed by atoms with Crippen LogP contribution in [0.1, 0.15) is 29.8 Å². The number of aryl methyl sites for hydroxylation is 1. The average Bonchev–Trinajstić information content (AvgIpc) is 2.56. The summed E-state index contributed by atoms with van der Waals surface area (Å²) >= 11 is 0. The summed E-state index contributed by atoms with van der Waals surface area (Å²) in [6.45, 7) is 2.67. The minimum absolute atomic E-state index is 0.0439. The molecule has 0 saturated heterocycles. The molecule has 2 rings (SSSR count). The maximum atomic E-state index is 12.5. The van der Waals surface area contributed by atoms with Gasteiger partial charge < -0.3 is 19.5 Å². The van der Waals surface area contributed by atoms with E-state index in [1.54, 1.807) is 12.1 Å². The van der Waals surface area contributed by atoms with Gasteiger partial charge in [0.2, 0.25) is 0 Å². The van der Waals surface area contributed by atoms with Crippen molar-refractivity contribution in [3.8, 4) is 17.2 Å². The first-order chi connectivity index (χ1) is 12.3. The third kappa shape index (κ3) is 5.08. The number of anilines is 1. The Labute approximate surface area is 150 Å². The molecule has 0 fully saturated rings. The van der Waals surface area contributed by atoms with Crippen LogP contribution in [0.3, 0.4) is 0 Å². The fourth-order valence-electron chi connectivity index (χ4n) is 2.32. The van der Waals surface area contributed by atoms with Crippen LogP contribution in [0, 0.1) is 6.92 Å². The van der Waals surface area contributed by atoms with E-state index in [0.717, 1.165) is 5.56 Å². The molecule has 1 N–H and O–H groups in total. The van der Waals surface area contributed by atoms with Crippen LogP contribution in [0.4, 0.5) is 14.5 Å². The molecule has 0 aromatic heterocycles. The molecule has 1 amide bonds. The number of carbonyl (C=O) groups excluding carboxylic acids is 1. The average molecular weight is 365 g/mol. The standard InChI is InChI=1S/C19H21F2NO4/c1-11(2)25-14-6-7-15(12(3)9-14)22-18(23)13-5-8-16(24-4)17(10-13)26-19(20)21/h5-11,19H,1-4H3,(H,22,23). The van der Waals surface area contributed by atoms with Crippen molar-refractivity contribution in [2.24, 2.45) is 0 Å². The summed E-state index contributed by atoms with van der Waals surface area (Å²) in [7, 11) is 1.33. The van der Waals surface area contributed by atoms with E-state index >= 15 is 0 Å². The highest BCUT2D eigenvalue weighted by molar-refractivity contribution is 6.05. The summed E-state index contributed by atoms with van der Waals surface area (Å²) in [5.74, 6) is 0.167. The monoisotopic (exact) mass is 365 g/mol. The second-order valence-corrected chi connectivity index (χ2v) is 5.84. The Bertz CT molecular complexity index is 778. The molecule has 0 heterocycles. The molecule has 0 unspecified atom stereocenters. The molecule has 140 valence electrons. The number of alkyl halides is 2. The molecule has 0 radical (unpaired) electrons. The second-order valence-electron chi connectivity index (χ2n) is 5.84. The molecule has 2 aromatic carbocycles. The summed E-state index contributed by atoms with van der Waals surface area (Å²) in [5.41, 5.74) is 1.58. The first kappa shape index (κ1) is 19.5. The van der Waals surface area contributed by atoms with Crippen molar-refractivity contribution in [3.05, 3.63) is 47.5 Å². The molecule has 0 aliphatic carbocycles. The highest BCUT2D eigenvalue weighted by Crippen LogP contribution is 2.30. The predicted molar refractivity (Wildman–Crippen MR) is 94.5 cm³/mol. The van der Waals surface area contributed by atoms with Gasteiger partial charge in [0.1, 0.15) is 5.75 Å². The highest BCUT2D eigenvalue weighted by Gasteiger charge is 2.15. The Kier molecular flexibility index (Phi) is 6.38. The SMILES string of the molecule is COc1ccc(C(=O)Nc2ccc(OC(C)C)cc2C)cc1OC(F)F. The number of rotatable bonds is 7. The molecular weight excluding hydrogens is 344 g/mol. The Morgan fingerprint density at radius 3 is 2.35 bits per heavy atom. The number of carbonyl (C=O) groups is 1. The maximum absolute atomic E-state index is 12.5. The van der Waals surface area contributed by atoms with Crippen molar-refractivity contribution in [1.82, 2.24) is 0 Å². The Hall–Kier alpha value is -2.83. The minimum atomic E-state index is -3.02. The van der Waals surface area contributed by atoms with E-state index in [-0.39, 0.29) is 23.2 Å². The van der Waals surface area contributed by atoms with Crippen LogP contribution in [-0.4, -0.2) is 25.7 Å². The summed E-state index contributed by atoms with van der Waals surface area (Å²) in [6, 6.07) is 9.38. The van der Waals surface area contributed by atoms with E-state index in [1.165, 1.54) is 25.3 Å². The molecule has 0 saturated carbocycles. The van der Waals surface area contributed by atoms with E-state index in [1.807, 2.05) is 26.8 Å². The van der Waals surface area contributed by atoms with Crippen LogP contribution < -0.4 is 19.5 Å². The first-order valence-electron chi connectivity index (χ1n) is 8.01. The van der Waals surface area contributed by atoms with E-state index in [4.69, 9.17) is 9.47 Å². The Balaban J connectivity index is 2.19. The molecule has 0 spiro atoms. The topological polar surface area (TPSA) is 56.8 Å². The summed E-state index contributed by atoms with van der Waals surface area (Å²) in [6.07, 6.45) is 0.0439. The molecule has 2 aromatic rings. The zero-order valence-electron chi connectivity index (χ0n) is 15.0. The summed E-state index contributed by atoms with van der Waals surface area (Å²) < 4.78 is 40.0. The van der Waals surface area contributed by atoms with Gasteiger partial charge in [0.15, 0.2) is 11.5 Å². The largest absolute Gasteiger partial charge is 0.493 e. The lowest BCUT2D eigenvalue weighted by atomic mass is 10.1. The second kappa shape index (κ2) is 8.51. The molecule has 0 atom stereocenters. The number of halogens is 2. The van der Waals surface area contributed by atoms with Crippen molar-refractivity contribution in [2.45, 2.75) is 33.5 Å². The molecule has 0 bridgehead atoms. The van der Waals surface area contributed by atoms with Gasteiger partial charge in [-0.3, -0.25) is 4.79 Å². The van der Waals surface area contributed by atoms with E-state index in [9.17, 15) is 13.6 Å². The van der Waals surface area contributed by atoms with E-state index < -0.39 is 12.5 Å². The van der Waals surface area contributed by atoms with Crippen molar-refractivity contribution in [3.63, 3.8) is 0 Å². The normalized spacial score (nSPS) is 10.8. The third-order valence-electron chi connectivity index (χ3n) is 3.46. The van der Waals surface area contributed by atoms with E-state index in [2.05, 4.69) is 10.1 Å². The van der Waals surface area contributed by atoms with Crippen LogP contribution in [0.2, 0.25) is 0 Å². The maximum Gasteiger partial charge on any atom is 0.387 e. The molecule has 26 heavy (non-hydrogen) atoms. The number of nitrogens with one attached hydrogen (secondary N) is 1. The fourth-order valence-corrected chi connectivity index (χ4v) is 2.32. The van der Waals surface area contributed by atoms with Crippen LogP contribution in [0.5, 0.6) is 17.2 Å². The molecule has 5 nitrogen and oxygen atoms in total. The number of amides is 1. The van der Waals surface area contributed by atoms with Crippen molar-refractivity contribution < 1.29 is 27.8 Å². The Morgan fingerprint density at radius 2 is 1.77 bits per heavy atom. The zero-order valence-corrected chi connectivity index (χ0v) is 15.0. The first-order valence-corrected chi connectivity index (χ1v) is 8.01. The lowest BCUT2D eigenvalue weighted by Crippen LogP contribution is -2.14. The van der Waals surface area contributed by atoms with Crippen LogP contribution in [0.15, 0.2) is 36.4 Å². The van der Waals surface area contributed by atoms with Gasteiger partial charge in [-0.05, 0) is 62.7 Å². The minimum Gasteiger partial charge on any atom is -0.493 e. The lowest BCUT2D eigenvalue weighted by molar-refractivity contribution is -0.0512. The zero-order chi connectivity index (χ0) is 19.3. The predicted octanol–water partition coefficient (Wildman–Crippen LogP) is 4.64. The van der Waals surface area contributed by atoms with Gasteiger partial charge in [-0.1, -0.05) is 0 Å². The van der Waals surface area contributed by atoms with Crippen LogP contribution >= 0.6 is 0 Å². The van der Waals surface area contributed by atoms with Gasteiger partial charge in [0.05, 0.1) is 13.2 Å². The number of hydrogen-bond donors (Lipinski definition) is 1. The lowest BCUT2D eigenvalue weighted by Gasteiger charge is -2.14. The molecular formula is C19H21F2NO4. The smallest absolute Gasteiger partial charge is 0.387 e. The number of benzene rings is 2. The quantitative estimate of drug-likeness (QED) is 0.776. The van der Waals surface area contributed by atoms with Gasteiger partial charge in [-0.25, -0.2) is 0 Å². The van der Waals surface area contributed by atoms with Gasteiger partial charge >= 0.3 is 6.61 Å². The number of methoxy groups -OCH3 is 1. The van der Waals surface area contributed by atoms with Crippen molar-refractivity contribution in [1.29, 1.82) is 0 Å². The van der Waals surface area contributed by atoms with Crippen molar-refractivity contribution >= 4 is 11.6 Å². The fraction of sp³-hybridized carbons (Fsp3) is 0.316. The molecule has 0 aliphatic rings. The third-order valence-corrected chi connectivity index (χ3v) is 3.46. The van der Waals surface area contributed by atoms with Crippen LogP contribution in [-0.2, 0) is 0 Å². The molecule has 7 heteroatoms. The Morgan fingerprint density at radius 1 is 1.04 bits per heavy atom. The van der Waals surface area contributed by atoms with Gasteiger partial charge in [-0.15, -0.1) is 0 Å². The van der Waals surface area contributed by atoms with E-state index in [0.29, 0.717) is 11.4 Å². The van der Waals surface area contributed by atoms with Crippen LogP contribution in [0.25, 0.3) is 0 Å². The number of ether oxygens (including phenoxy) is 3. The highest BCUT2D eigenvalue weighted by atomic mass is 19.3.